The molecule has 4 heterocycles. The number of carbonyl (C=O) groups excluding carboxylic acids is 2. The first-order valence-electron chi connectivity index (χ1n) is 10.7. The van der Waals surface area contributed by atoms with Crippen LogP contribution >= 0.6 is 0 Å². The average molecular weight is 445 g/mol. The number of imidazole rings is 1. The topological polar surface area (TPSA) is 94.5 Å². The first-order valence-corrected chi connectivity index (χ1v) is 10.7. The van der Waals surface area contributed by atoms with Gasteiger partial charge in [0.05, 0.1) is 6.33 Å². The number of rotatable bonds is 4. The van der Waals surface area contributed by atoms with Crippen molar-refractivity contribution in [3.8, 4) is 5.75 Å². The molecule has 2 atom stereocenters. The number of aromatic amines is 1. The average Bonchev–Trinajstić information content (AvgIpc) is 3.50. The molecular formula is C24H20FN5O3. The molecule has 6 rings (SSSR count). The fourth-order valence-corrected chi connectivity index (χ4v) is 5.03. The summed E-state index contributed by atoms with van der Waals surface area (Å²) < 4.78 is 15.9. The third kappa shape index (κ3) is 3.00. The van der Waals surface area contributed by atoms with Crippen LogP contribution in [0.4, 0.5) is 9.18 Å². The number of imide groups is 1. The summed E-state index contributed by atoms with van der Waals surface area (Å²) in [6.45, 7) is 0.658. The van der Waals surface area contributed by atoms with Crippen LogP contribution in [-0.4, -0.2) is 54.0 Å². The molecule has 2 aliphatic heterocycles. The normalized spacial score (nSPS) is 19.9. The number of hydrogen-bond acceptors (Lipinski definition) is 4. The number of halogens is 1. The summed E-state index contributed by atoms with van der Waals surface area (Å²) in [6.07, 6.45) is 5.35. The second kappa shape index (κ2) is 7.19. The van der Waals surface area contributed by atoms with Crippen molar-refractivity contribution >= 4 is 22.8 Å². The molecule has 4 aromatic rings. The summed E-state index contributed by atoms with van der Waals surface area (Å²) in [5.74, 6) is -0.577. The Hall–Kier alpha value is -4.14. The standard InChI is InChI=1S/C24H20FN5O3/c25-15-4-5-19-17(11-15)18-12-20-23(32)29(9-8-28-7-6-26-13-28)24(33)30(20)22(21(18)27-19)14-2-1-3-16(31)10-14/h1-7,10-11,13,20,22,27,31H,8-9,12H2. The van der Waals surface area contributed by atoms with Crippen molar-refractivity contribution < 1.29 is 19.1 Å². The van der Waals surface area contributed by atoms with E-state index in [0.29, 0.717) is 23.9 Å². The van der Waals surface area contributed by atoms with Crippen molar-refractivity contribution in [1.29, 1.82) is 0 Å². The Morgan fingerprint density at radius 1 is 1.15 bits per heavy atom. The molecule has 8 nitrogen and oxygen atoms in total. The van der Waals surface area contributed by atoms with Gasteiger partial charge in [0.25, 0.3) is 5.91 Å². The van der Waals surface area contributed by atoms with E-state index in [4.69, 9.17) is 0 Å². The molecule has 0 saturated carbocycles. The van der Waals surface area contributed by atoms with E-state index in [1.807, 2.05) is 10.6 Å². The van der Waals surface area contributed by atoms with Gasteiger partial charge in [-0.15, -0.1) is 0 Å². The maximum atomic E-state index is 14.1. The number of urea groups is 1. The Labute approximate surface area is 187 Å². The van der Waals surface area contributed by atoms with Gasteiger partial charge in [-0.25, -0.2) is 14.2 Å². The number of phenols is 1. The number of aromatic hydroxyl groups is 1. The highest BCUT2D eigenvalue weighted by atomic mass is 19.1. The monoisotopic (exact) mass is 445 g/mol. The van der Waals surface area contributed by atoms with E-state index in [9.17, 15) is 19.1 Å². The van der Waals surface area contributed by atoms with Crippen LogP contribution in [-0.2, 0) is 17.8 Å². The van der Waals surface area contributed by atoms with Crippen molar-refractivity contribution in [2.24, 2.45) is 0 Å². The molecule has 0 aliphatic carbocycles. The zero-order chi connectivity index (χ0) is 22.7. The Balaban J connectivity index is 1.46. The molecule has 2 aromatic heterocycles. The van der Waals surface area contributed by atoms with Gasteiger partial charge >= 0.3 is 6.03 Å². The zero-order valence-corrected chi connectivity index (χ0v) is 17.5. The number of hydrogen-bond donors (Lipinski definition) is 2. The molecule has 0 bridgehead atoms. The minimum atomic E-state index is -0.706. The molecular weight excluding hydrogens is 425 g/mol. The van der Waals surface area contributed by atoms with E-state index in [1.54, 1.807) is 47.9 Å². The van der Waals surface area contributed by atoms with Crippen LogP contribution in [0.25, 0.3) is 10.9 Å². The lowest BCUT2D eigenvalue weighted by Crippen LogP contribution is -2.44. The van der Waals surface area contributed by atoms with Crippen LogP contribution < -0.4 is 0 Å². The molecule has 0 radical (unpaired) electrons. The Morgan fingerprint density at radius 2 is 2.03 bits per heavy atom. The van der Waals surface area contributed by atoms with Crippen molar-refractivity contribution in [2.75, 3.05) is 6.54 Å². The molecule has 2 N–H and O–H groups in total. The smallest absolute Gasteiger partial charge is 0.328 e. The molecule has 0 spiro atoms. The molecule has 1 saturated heterocycles. The summed E-state index contributed by atoms with van der Waals surface area (Å²) in [5.41, 5.74) is 2.96. The number of carbonyl (C=O) groups is 2. The molecule has 3 amide bonds. The number of benzene rings is 2. The third-order valence-corrected chi connectivity index (χ3v) is 6.52. The van der Waals surface area contributed by atoms with Crippen LogP contribution in [0.3, 0.4) is 0 Å². The fraction of sp³-hybridized carbons (Fsp3) is 0.208. The van der Waals surface area contributed by atoms with E-state index in [-0.39, 0.29) is 30.0 Å². The Bertz CT molecular complexity index is 1400. The quantitative estimate of drug-likeness (QED) is 0.472. The van der Waals surface area contributed by atoms with E-state index in [2.05, 4.69) is 9.97 Å². The molecule has 33 heavy (non-hydrogen) atoms. The largest absolute Gasteiger partial charge is 0.508 e. The third-order valence-electron chi connectivity index (χ3n) is 6.52. The molecule has 2 unspecified atom stereocenters. The summed E-state index contributed by atoms with van der Waals surface area (Å²) in [5, 5.41) is 10.8. The number of nitrogens with zero attached hydrogens (tertiary/aromatic N) is 4. The number of H-pyrrole nitrogens is 1. The van der Waals surface area contributed by atoms with Crippen LogP contribution in [0.15, 0.2) is 61.2 Å². The number of nitrogens with one attached hydrogen (secondary N) is 1. The predicted octanol–water partition coefficient (Wildman–Crippen LogP) is 3.19. The highest BCUT2D eigenvalue weighted by Crippen LogP contribution is 2.44. The molecule has 9 heteroatoms. The zero-order valence-electron chi connectivity index (χ0n) is 17.5. The number of phenolic OH excluding ortho intramolecular Hbond substituents is 1. The lowest BCUT2D eigenvalue weighted by Gasteiger charge is -2.36. The lowest BCUT2D eigenvalue weighted by molar-refractivity contribution is -0.128. The van der Waals surface area contributed by atoms with E-state index < -0.39 is 12.1 Å². The van der Waals surface area contributed by atoms with Crippen molar-refractivity contribution in [3.63, 3.8) is 0 Å². The predicted molar refractivity (Wildman–Crippen MR) is 117 cm³/mol. The Morgan fingerprint density at radius 3 is 2.82 bits per heavy atom. The minimum Gasteiger partial charge on any atom is -0.508 e. The van der Waals surface area contributed by atoms with Gasteiger partial charge in [0.1, 0.15) is 23.7 Å². The van der Waals surface area contributed by atoms with Gasteiger partial charge in [0.15, 0.2) is 0 Å². The number of fused-ring (bicyclic) bond motifs is 4. The summed E-state index contributed by atoms with van der Waals surface area (Å²) in [4.78, 5) is 37.1. The maximum Gasteiger partial charge on any atom is 0.328 e. The highest BCUT2D eigenvalue weighted by Gasteiger charge is 2.52. The Kier molecular flexibility index (Phi) is 4.26. The first-order chi connectivity index (χ1) is 16.0. The summed E-state index contributed by atoms with van der Waals surface area (Å²) in [6, 6.07) is 9.46. The van der Waals surface area contributed by atoms with E-state index in [0.717, 1.165) is 16.8 Å². The molecule has 2 aliphatic rings. The fourth-order valence-electron chi connectivity index (χ4n) is 5.03. The van der Waals surface area contributed by atoms with Crippen LogP contribution in [0.2, 0.25) is 0 Å². The number of amides is 3. The number of aromatic nitrogens is 3. The highest BCUT2D eigenvalue weighted by molar-refractivity contribution is 6.05. The molecule has 166 valence electrons. The second-order valence-electron chi connectivity index (χ2n) is 8.40. The van der Waals surface area contributed by atoms with Crippen LogP contribution in [0.1, 0.15) is 22.9 Å². The van der Waals surface area contributed by atoms with E-state index in [1.165, 1.54) is 17.0 Å². The van der Waals surface area contributed by atoms with Gasteiger partial charge in [-0.05, 0) is 41.5 Å². The lowest BCUT2D eigenvalue weighted by atomic mass is 9.89. The molecule has 1 fully saturated rings. The summed E-state index contributed by atoms with van der Waals surface area (Å²) in [7, 11) is 0. The van der Waals surface area contributed by atoms with Gasteiger partial charge in [-0.3, -0.25) is 14.6 Å². The summed E-state index contributed by atoms with van der Waals surface area (Å²) >= 11 is 0. The van der Waals surface area contributed by atoms with Crippen molar-refractivity contribution in [2.45, 2.75) is 25.0 Å². The van der Waals surface area contributed by atoms with Crippen molar-refractivity contribution in [3.05, 3.63) is 83.8 Å². The van der Waals surface area contributed by atoms with Crippen LogP contribution in [0.5, 0.6) is 5.75 Å². The van der Waals surface area contributed by atoms with Gasteiger partial charge in [-0.2, -0.15) is 0 Å². The van der Waals surface area contributed by atoms with Gasteiger partial charge in [0, 0.05) is 48.5 Å². The van der Waals surface area contributed by atoms with Crippen molar-refractivity contribution in [1.82, 2.24) is 24.3 Å². The SMILES string of the molecule is O=C1C2Cc3c([nH]c4ccc(F)cc34)C(c3cccc(O)c3)N2C(=O)N1CCn1ccnc1. The molecule has 2 aromatic carbocycles. The maximum absolute atomic E-state index is 14.1. The van der Waals surface area contributed by atoms with Gasteiger partial charge in [0.2, 0.25) is 0 Å². The first kappa shape index (κ1) is 19.5. The van der Waals surface area contributed by atoms with Gasteiger partial charge < -0.3 is 14.7 Å². The second-order valence-corrected chi connectivity index (χ2v) is 8.40. The van der Waals surface area contributed by atoms with Gasteiger partial charge in [-0.1, -0.05) is 12.1 Å². The minimum absolute atomic E-state index is 0.0632. The van der Waals surface area contributed by atoms with E-state index >= 15 is 0 Å². The van der Waals surface area contributed by atoms with Crippen LogP contribution in [0, 0.1) is 5.82 Å².